The molecule has 0 fully saturated rings. The van der Waals surface area contributed by atoms with Gasteiger partial charge in [-0.3, -0.25) is 4.79 Å². The van der Waals surface area contributed by atoms with Crippen LogP contribution in [0.15, 0.2) is 34.9 Å². The number of aromatic nitrogens is 1. The van der Waals surface area contributed by atoms with Crippen molar-refractivity contribution in [2.75, 3.05) is 0 Å². The number of carbonyl (C=O) groups is 1. The van der Waals surface area contributed by atoms with Crippen molar-refractivity contribution in [3.63, 3.8) is 0 Å². The zero-order chi connectivity index (χ0) is 13.8. The molecule has 0 bridgehead atoms. The largest absolute Gasteiger partial charge is 0.444 e. The lowest BCUT2D eigenvalue weighted by molar-refractivity contribution is 0.0947. The maximum Gasteiger partial charge on any atom is 0.251 e. The predicted molar refractivity (Wildman–Crippen MR) is 72.9 cm³/mol. The average molecular weight is 258 g/mol. The minimum Gasteiger partial charge on any atom is -0.444 e. The summed E-state index contributed by atoms with van der Waals surface area (Å²) in [5, 5.41) is 2.78. The van der Waals surface area contributed by atoms with Crippen molar-refractivity contribution in [2.45, 2.75) is 33.2 Å². The van der Waals surface area contributed by atoms with Crippen LogP contribution in [0.4, 0.5) is 0 Å². The first-order chi connectivity index (χ1) is 9.06. The Balaban J connectivity index is 1.96. The van der Waals surface area contributed by atoms with Crippen LogP contribution in [0, 0.1) is 6.92 Å². The number of hydrogen-bond donors (Lipinski definition) is 1. The Labute approximate surface area is 112 Å². The normalized spacial score (nSPS) is 10.7. The third kappa shape index (κ3) is 3.44. The molecule has 1 aromatic carbocycles. The molecule has 100 valence electrons. The molecule has 0 spiro atoms. The number of oxazole rings is 1. The highest BCUT2D eigenvalue weighted by Crippen LogP contribution is 2.14. The van der Waals surface area contributed by atoms with Crippen molar-refractivity contribution in [3.05, 3.63) is 53.2 Å². The maximum absolute atomic E-state index is 11.9. The molecule has 2 aromatic rings. The monoisotopic (exact) mass is 258 g/mol. The second-order valence-corrected chi connectivity index (χ2v) is 4.82. The number of nitrogens with one attached hydrogen (secondary N) is 1. The summed E-state index contributed by atoms with van der Waals surface area (Å²) in [6.07, 6.45) is 1.64. The van der Waals surface area contributed by atoms with Gasteiger partial charge in [0.2, 0.25) is 5.89 Å². The molecule has 19 heavy (non-hydrogen) atoms. The van der Waals surface area contributed by atoms with Crippen molar-refractivity contribution in [1.82, 2.24) is 10.3 Å². The topological polar surface area (TPSA) is 55.1 Å². The van der Waals surface area contributed by atoms with Crippen molar-refractivity contribution in [1.29, 1.82) is 0 Å². The number of rotatable bonds is 4. The molecule has 0 aliphatic heterocycles. The van der Waals surface area contributed by atoms with Gasteiger partial charge in [-0.25, -0.2) is 4.98 Å². The predicted octanol–water partition coefficient (Wildman–Crippen LogP) is 3.04. The van der Waals surface area contributed by atoms with E-state index in [9.17, 15) is 4.79 Å². The minimum atomic E-state index is -0.119. The van der Waals surface area contributed by atoms with E-state index in [2.05, 4.69) is 24.1 Å². The van der Waals surface area contributed by atoms with Gasteiger partial charge in [0.25, 0.3) is 5.91 Å². The molecular weight excluding hydrogens is 240 g/mol. The summed E-state index contributed by atoms with van der Waals surface area (Å²) >= 11 is 0. The van der Waals surface area contributed by atoms with Crippen LogP contribution in [0.2, 0.25) is 0 Å². The van der Waals surface area contributed by atoms with Crippen LogP contribution in [-0.4, -0.2) is 10.9 Å². The first-order valence-corrected chi connectivity index (χ1v) is 6.35. The highest BCUT2D eigenvalue weighted by molar-refractivity contribution is 5.94. The van der Waals surface area contributed by atoms with Gasteiger partial charge in [0.05, 0.1) is 12.7 Å². The molecule has 1 N–H and O–H groups in total. The summed E-state index contributed by atoms with van der Waals surface area (Å²) in [6, 6.07) is 7.64. The van der Waals surface area contributed by atoms with Gasteiger partial charge >= 0.3 is 0 Å². The fourth-order valence-electron chi connectivity index (χ4n) is 1.76. The quantitative estimate of drug-likeness (QED) is 0.917. The molecule has 1 heterocycles. The summed E-state index contributed by atoms with van der Waals surface area (Å²) in [5.74, 6) is 1.61. The van der Waals surface area contributed by atoms with Crippen LogP contribution >= 0.6 is 0 Å². The van der Waals surface area contributed by atoms with Gasteiger partial charge in [-0.1, -0.05) is 26.0 Å². The Morgan fingerprint density at radius 1 is 1.32 bits per heavy atom. The summed E-state index contributed by atoms with van der Waals surface area (Å²) in [4.78, 5) is 16.0. The second kappa shape index (κ2) is 5.69. The number of carbonyl (C=O) groups excluding carboxylic acids is 1. The molecule has 4 nitrogen and oxygen atoms in total. The fraction of sp³-hybridized carbons (Fsp3) is 0.333. The minimum absolute atomic E-state index is 0.119. The van der Waals surface area contributed by atoms with Crippen LogP contribution in [0.5, 0.6) is 0 Å². The molecule has 0 atom stereocenters. The molecule has 0 unspecified atom stereocenters. The Hall–Kier alpha value is -2.10. The van der Waals surface area contributed by atoms with E-state index in [0.29, 0.717) is 23.9 Å². The van der Waals surface area contributed by atoms with E-state index in [0.717, 1.165) is 5.76 Å². The Bertz CT molecular complexity index is 556. The van der Waals surface area contributed by atoms with E-state index in [-0.39, 0.29) is 5.91 Å². The van der Waals surface area contributed by atoms with Gasteiger partial charge < -0.3 is 9.73 Å². The molecule has 0 aliphatic carbocycles. The Morgan fingerprint density at radius 2 is 2.00 bits per heavy atom. The van der Waals surface area contributed by atoms with Crippen LogP contribution in [0.3, 0.4) is 0 Å². The SMILES string of the molecule is Cc1cnc(CNC(=O)c2ccc(C(C)C)cc2)o1. The van der Waals surface area contributed by atoms with Crippen LogP contribution < -0.4 is 5.32 Å². The zero-order valence-corrected chi connectivity index (χ0v) is 11.4. The van der Waals surface area contributed by atoms with E-state index >= 15 is 0 Å². The number of aryl methyl sites for hydroxylation is 1. The lowest BCUT2D eigenvalue weighted by atomic mass is 10.0. The van der Waals surface area contributed by atoms with Gasteiger partial charge in [-0.2, -0.15) is 0 Å². The van der Waals surface area contributed by atoms with Crippen LogP contribution in [-0.2, 0) is 6.54 Å². The molecular formula is C15H18N2O2. The lowest BCUT2D eigenvalue weighted by Crippen LogP contribution is -2.22. The fourth-order valence-corrected chi connectivity index (χ4v) is 1.76. The third-order valence-electron chi connectivity index (χ3n) is 2.91. The van der Waals surface area contributed by atoms with E-state index in [4.69, 9.17) is 4.42 Å². The third-order valence-corrected chi connectivity index (χ3v) is 2.91. The number of hydrogen-bond acceptors (Lipinski definition) is 3. The summed E-state index contributed by atoms with van der Waals surface area (Å²) in [6.45, 7) is 6.38. The summed E-state index contributed by atoms with van der Waals surface area (Å²) in [7, 11) is 0. The average Bonchev–Trinajstić information content (AvgIpc) is 2.82. The maximum atomic E-state index is 11.9. The number of amides is 1. The first-order valence-electron chi connectivity index (χ1n) is 6.35. The lowest BCUT2D eigenvalue weighted by Gasteiger charge is -2.07. The van der Waals surface area contributed by atoms with Gasteiger partial charge in [0.15, 0.2) is 0 Å². The molecule has 0 radical (unpaired) electrons. The Morgan fingerprint density at radius 3 is 2.53 bits per heavy atom. The molecule has 0 saturated carbocycles. The second-order valence-electron chi connectivity index (χ2n) is 4.82. The van der Waals surface area contributed by atoms with Crippen molar-refractivity contribution < 1.29 is 9.21 Å². The van der Waals surface area contributed by atoms with Crippen LogP contribution in [0.1, 0.15) is 47.3 Å². The van der Waals surface area contributed by atoms with E-state index < -0.39 is 0 Å². The van der Waals surface area contributed by atoms with E-state index in [1.165, 1.54) is 5.56 Å². The molecule has 1 aromatic heterocycles. The van der Waals surface area contributed by atoms with Gasteiger partial charge in [-0.15, -0.1) is 0 Å². The highest BCUT2D eigenvalue weighted by Gasteiger charge is 2.08. The molecule has 0 aliphatic rings. The first kappa shape index (κ1) is 13.3. The molecule has 4 heteroatoms. The summed E-state index contributed by atoms with van der Waals surface area (Å²) < 4.78 is 5.29. The standard InChI is InChI=1S/C15H18N2O2/c1-10(2)12-4-6-13(7-5-12)15(18)17-9-14-16-8-11(3)19-14/h4-8,10H,9H2,1-3H3,(H,17,18). The van der Waals surface area contributed by atoms with Crippen molar-refractivity contribution >= 4 is 5.91 Å². The van der Waals surface area contributed by atoms with Crippen LogP contribution in [0.25, 0.3) is 0 Å². The summed E-state index contributed by atoms with van der Waals surface area (Å²) in [5.41, 5.74) is 1.87. The van der Waals surface area contributed by atoms with Gasteiger partial charge in [0.1, 0.15) is 5.76 Å². The Kier molecular flexibility index (Phi) is 4.00. The van der Waals surface area contributed by atoms with Gasteiger partial charge in [0, 0.05) is 5.56 Å². The van der Waals surface area contributed by atoms with Crippen molar-refractivity contribution in [2.24, 2.45) is 0 Å². The molecule has 1 amide bonds. The highest BCUT2D eigenvalue weighted by atomic mass is 16.4. The smallest absolute Gasteiger partial charge is 0.251 e. The number of nitrogens with zero attached hydrogens (tertiary/aromatic N) is 1. The van der Waals surface area contributed by atoms with E-state index in [1.54, 1.807) is 6.20 Å². The number of benzene rings is 1. The molecule has 2 rings (SSSR count). The van der Waals surface area contributed by atoms with Crippen molar-refractivity contribution in [3.8, 4) is 0 Å². The van der Waals surface area contributed by atoms with Gasteiger partial charge in [-0.05, 0) is 30.5 Å². The zero-order valence-electron chi connectivity index (χ0n) is 11.4. The molecule has 0 saturated heterocycles. The van der Waals surface area contributed by atoms with E-state index in [1.807, 2.05) is 31.2 Å².